The number of nitrogens with zero attached hydrogens (tertiary/aromatic N) is 1. The van der Waals surface area contributed by atoms with Gasteiger partial charge in [-0.3, -0.25) is 4.90 Å². The third-order valence-electron chi connectivity index (χ3n) is 3.36. The average molecular weight is 207 g/mol. The summed E-state index contributed by atoms with van der Waals surface area (Å²) in [4.78, 5) is 2.63. The Morgan fingerprint density at radius 3 is 2.53 bits per heavy atom. The van der Waals surface area contributed by atoms with Crippen LogP contribution in [0, 0.1) is 11.3 Å². The predicted molar refractivity (Wildman–Crippen MR) is 65.9 cm³/mol. The summed E-state index contributed by atoms with van der Waals surface area (Å²) in [5.74, 6) is 1.04. The van der Waals surface area contributed by atoms with Crippen molar-refractivity contribution in [3.8, 4) is 0 Å². The van der Waals surface area contributed by atoms with Gasteiger partial charge in [0, 0.05) is 19.6 Å². The van der Waals surface area contributed by atoms with Crippen LogP contribution in [-0.4, -0.2) is 24.5 Å². The van der Waals surface area contributed by atoms with E-state index in [0.717, 1.165) is 5.92 Å². The predicted octanol–water partition coefficient (Wildman–Crippen LogP) is 3.46. The maximum atomic E-state index is 2.63. The van der Waals surface area contributed by atoms with E-state index in [1.807, 2.05) is 0 Å². The topological polar surface area (TPSA) is 3.24 Å². The van der Waals surface area contributed by atoms with E-state index in [2.05, 4.69) is 31.7 Å². The molecule has 0 amide bonds. The molecule has 1 heterocycles. The molecule has 86 valence electrons. The van der Waals surface area contributed by atoms with E-state index in [1.54, 1.807) is 5.57 Å². The Morgan fingerprint density at radius 2 is 2.07 bits per heavy atom. The van der Waals surface area contributed by atoms with Crippen LogP contribution in [0.3, 0.4) is 0 Å². The van der Waals surface area contributed by atoms with Gasteiger partial charge in [-0.1, -0.05) is 32.4 Å². The molecule has 1 aliphatic heterocycles. The molecule has 0 N–H and O–H groups in total. The minimum Gasteiger partial charge on any atom is -0.299 e. The molecule has 1 fully saturated rings. The molecule has 0 atom stereocenters. The highest BCUT2D eigenvalue weighted by Crippen LogP contribution is 2.32. The minimum absolute atomic E-state index is 0.463. The lowest BCUT2D eigenvalue weighted by molar-refractivity contribution is 0.274. The van der Waals surface area contributed by atoms with Crippen LogP contribution in [0.15, 0.2) is 11.6 Å². The second-order valence-electron chi connectivity index (χ2n) is 6.55. The molecule has 1 nitrogen and oxygen atoms in total. The fourth-order valence-corrected chi connectivity index (χ4v) is 2.43. The van der Waals surface area contributed by atoms with Crippen molar-refractivity contribution in [3.63, 3.8) is 0 Å². The standard InChI is InChI=1S/C14H25N/c1-14(2,3)10-12-6-8-15(9-7-12)11-13-4-5-13/h6,13H,4-5,7-11H2,1-3H3. The molecule has 0 bridgehead atoms. The lowest BCUT2D eigenvalue weighted by Gasteiger charge is -2.29. The third kappa shape index (κ3) is 3.98. The Balaban J connectivity index is 1.77. The van der Waals surface area contributed by atoms with Crippen molar-refractivity contribution in [3.05, 3.63) is 11.6 Å². The Bertz CT molecular complexity index is 243. The van der Waals surface area contributed by atoms with Gasteiger partial charge < -0.3 is 0 Å². The van der Waals surface area contributed by atoms with E-state index < -0.39 is 0 Å². The van der Waals surface area contributed by atoms with Gasteiger partial charge in [0.15, 0.2) is 0 Å². The zero-order valence-electron chi connectivity index (χ0n) is 10.6. The highest BCUT2D eigenvalue weighted by Gasteiger charge is 2.25. The summed E-state index contributed by atoms with van der Waals surface area (Å²) < 4.78 is 0. The van der Waals surface area contributed by atoms with Crippen LogP contribution in [0.25, 0.3) is 0 Å². The molecular formula is C14H25N. The molecule has 2 aliphatic rings. The SMILES string of the molecule is CC(C)(C)CC1=CCN(CC2CC2)CC1. The Hall–Kier alpha value is -0.300. The number of hydrogen-bond donors (Lipinski definition) is 0. The van der Waals surface area contributed by atoms with Crippen LogP contribution in [-0.2, 0) is 0 Å². The first-order valence-corrected chi connectivity index (χ1v) is 6.43. The average Bonchev–Trinajstić information content (AvgIpc) is 2.90. The smallest absolute Gasteiger partial charge is 0.0166 e. The van der Waals surface area contributed by atoms with Crippen LogP contribution >= 0.6 is 0 Å². The van der Waals surface area contributed by atoms with Crippen molar-refractivity contribution in [2.24, 2.45) is 11.3 Å². The zero-order chi connectivity index (χ0) is 10.9. The fraction of sp³-hybridized carbons (Fsp3) is 0.857. The molecule has 0 aromatic heterocycles. The summed E-state index contributed by atoms with van der Waals surface area (Å²) in [6.07, 6.45) is 8.04. The van der Waals surface area contributed by atoms with Crippen molar-refractivity contribution in [1.82, 2.24) is 4.90 Å². The number of rotatable bonds is 3. The quantitative estimate of drug-likeness (QED) is 0.641. The van der Waals surface area contributed by atoms with Gasteiger partial charge in [0.25, 0.3) is 0 Å². The summed E-state index contributed by atoms with van der Waals surface area (Å²) in [5.41, 5.74) is 2.15. The Labute approximate surface area is 94.5 Å². The zero-order valence-corrected chi connectivity index (χ0v) is 10.6. The van der Waals surface area contributed by atoms with Gasteiger partial charge >= 0.3 is 0 Å². The molecule has 0 aromatic rings. The normalized spacial score (nSPS) is 24.1. The minimum atomic E-state index is 0.463. The highest BCUT2D eigenvalue weighted by atomic mass is 15.1. The van der Waals surface area contributed by atoms with Crippen molar-refractivity contribution in [2.75, 3.05) is 19.6 Å². The molecule has 0 aromatic carbocycles. The molecular weight excluding hydrogens is 182 g/mol. The van der Waals surface area contributed by atoms with E-state index in [0.29, 0.717) is 5.41 Å². The molecule has 1 heteroatoms. The summed E-state index contributed by atoms with van der Waals surface area (Å²) >= 11 is 0. The first-order valence-electron chi connectivity index (χ1n) is 6.43. The van der Waals surface area contributed by atoms with Gasteiger partial charge in [-0.2, -0.15) is 0 Å². The summed E-state index contributed by atoms with van der Waals surface area (Å²) in [6.45, 7) is 10.9. The Kier molecular flexibility index (Phi) is 3.20. The second-order valence-corrected chi connectivity index (χ2v) is 6.55. The van der Waals surface area contributed by atoms with Crippen LogP contribution in [0.4, 0.5) is 0 Å². The molecule has 0 saturated heterocycles. The molecule has 1 aliphatic carbocycles. The maximum absolute atomic E-state index is 2.63. The lowest BCUT2D eigenvalue weighted by atomic mass is 9.86. The van der Waals surface area contributed by atoms with Crippen LogP contribution in [0.2, 0.25) is 0 Å². The van der Waals surface area contributed by atoms with Gasteiger partial charge in [0.2, 0.25) is 0 Å². The largest absolute Gasteiger partial charge is 0.299 e. The molecule has 2 rings (SSSR count). The molecule has 1 saturated carbocycles. The van der Waals surface area contributed by atoms with Crippen LogP contribution < -0.4 is 0 Å². The molecule has 0 unspecified atom stereocenters. The maximum Gasteiger partial charge on any atom is 0.0166 e. The Morgan fingerprint density at radius 1 is 1.33 bits per heavy atom. The van der Waals surface area contributed by atoms with Crippen molar-refractivity contribution >= 4 is 0 Å². The van der Waals surface area contributed by atoms with Gasteiger partial charge in [-0.25, -0.2) is 0 Å². The summed E-state index contributed by atoms with van der Waals surface area (Å²) in [5, 5.41) is 0. The van der Waals surface area contributed by atoms with Crippen molar-refractivity contribution in [1.29, 1.82) is 0 Å². The van der Waals surface area contributed by atoms with Gasteiger partial charge in [0.05, 0.1) is 0 Å². The lowest BCUT2D eigenvalue weighted by Crippen LogP contribution is -2.31. The first-order chi connectivity index (χ1) is 7.03. The fourth-order valence-electron chi connectivity index (χ4n) is 2.43. The van der Waals surface area contributed by atoms with Crippen LogP contribution in [0.5, 0.6) is 0 Å². The van der Waals surface area contributed by atoms with Gasteiger partial charge in [-0.05, 0) is 37.0 Å². The first kappa shape index (κ1) is 11.2. The second kappa shape index (κ2) is 4.29. The highest BCUT2D eigenvalue weighted by molar-refractivity contribution is 5.09. The monoisotopic (exact) mass is 207 g/mol. The van der Waals surface area contributed by atoms with E-state index >= 15 is 0 Å². The van der Waals surface area contributed by atoms with E-state index in [9.17, 15) is 0 Å². The number of hydrogen-bond acceptors (Lipinski definition) is 1. The van der Waals surface area contributed by atoms with Gasteiger partial charge in [0.1, 0.15) is 0 Å². The summed E-state index contributed by atoms with van der Waals surface area (Å²) in [7, 11) is 0. The molecule has 0 radical (unpaired) electrons. The van der Waals surface area contributed by atoms with Crippen LogP contribution in [0.1, 0.15) is 46.5 Å². The molecule has 0 spiro atoms. The summed E-state index contributed by atoms with van der Waals surface area (Å²) in [6, 6.07) is 0. The van der Waals surface area contributed by atoms with Crippen molar-refractivity contribution in [2.45, 2.75) is 46.5 Å². The van der Waals surface area contributed by atoms with Gasteiger partial charge in [-0.15, -0.1) is 0 Å². The van der Waals surface area contributed by atoms with E-state index in [1.165, 1.54) is 45.3 Å². The van der Waals surface area contributed by atoms with Crippen molar-refractivity contribution < 1.29 is 0 Å². The third-order valence-corrected chi connectivity index (χ3v) is 3.36. The van der Waals surface area contributed by atoms with E-state index in [4.69, 9.17) is 0 Å². The van der Waals surface area contributed by atoms with E-state index in [-0.39, 0.29) is 0 Å². The molecule has 15 heavy (non-hydrogen) atoms.